The molecule has 6 heteroatoms. The van der Waals surface area contributed by atoms with Gasteiger partial charge in [0.05, 0.1) is 5.56 Å². The van der Waals surface area contributed by atoms with E-state index in [9.17, 15) is 4.79 Å². The van der Waals surface area contributed by atoms with Crippen molar-refractivity contribution in [3.05, 3.63) is 51.1 Å². The highest BCUT2D eigenvalue weighted by molar-refractivity contribution is 9.10. The van der Waals surface area contributed by atoms with E-state index in [-0.39, 0.29) is 16.5 Å². The third-order valence-electron chi connectivity index (χ3n) is 2.44. The summed E-state index contributed by atoms with van der Waals surface area (Å²) in [6.45, 7) is 1.87. The molecular formula is C13H9BrClNO3. The first-order valence-corrected chi connectivity index (χ1v) is 6.48. The van der Waals surface area contributed by atoms with E-state index in [2.05, 4.69) is 20.9 Å². The standard InChI is InChI=1S/C13H9BrClNO3/c1-7-2-3-8(14)6-10(7)19-12-11(15)9(13(17)18)4-5-16-12/h2-6H,1H3,(H,17,18). The molecule has 0 fully saturated rings. The number of benzene rings is 1. The lowest BCUT2D eigenvalue weighted by Crippen LogP contribution is -2.00. The minimum atomic E-state index is -1.12. The molecular weight excluding hydrogens is 334 g/mol. The zero-order chi connectivity index (χ0) is 14.0. The molecule has 0 saturated heterocycles. The predicted molar refractivity (Wildman–Crippen MR) is 75.2 cm³/mol. The highest BCUT2D eigenvalue weighted by Gasteiger charge is 2.15. The average Bonchev–Trinajstić information content (AvgIpc) is 2.36. The summed E-state index contributed by atoms with van der Waals surface area (Å²) in [6.07, 6.45) is 1.35. The third kappa shape index (κ3) is 3.05. The van der Waals surface area contributed by atoms with Crippen LogP contribution < -0.4 is 4.74 Å². The Hall–Kier alpha value is -1.59. The molecule has 2 rings (SSSR count). The van der Waals surface area contributed by atoms with Gasteiger partial charge in [-0.1, -0.05) is 33.6 Å². The first-order chi connectivity index (χ1) is 8.99. The van der Waals surface area contributed by atoms with E-state index >= 15 is 0 Å². The maximum absolute atomic E-state index is 11.0. The van der Waals surface area contributed by atoms with Gasteiger partial charge in [0.2, 0.25) is 5.88 Å². The van der Waals surface area contributed by atoms with Crippen LogP contribution in [0.5, 0.6) is 11.6 Å². The molecule has 0 aliphatic carbocycles. The van der Waals surface area contributed by atoms with Gasteiger partial charge in [-0.3, -0.25) is 0 Å². The zero-order valence-electron chi connectivity index (χ0n) is 9.85. The van der Waals surface area contributed by atoms with E-state index < -0.39 is 5.97 Å². The van der Waals surface area contributed by atoms with Crippen LogP contribution in [0.15, 0.2) is 34.9 Å². The number of ether oxygens (including phenoxy) is 1. The van der Waals surface area contributed by atoms with Crippen LogP contribution >= 0.6 is 27.5 Å². The van der Waals surface area contributed by atoms with Crippen LogP contribution in [0.3, 0.4) is 0 Å². The Bertz CT molecular complexity index is 646. The second kappa shape index (κ2) is 5.59. The average molecular weight is 343 g/mol. The summed E-state index contributed by atoms with van der Waals surface area (Å²) in [5.41, 5.74) is 0.848. The number of carboxylic acid groups (broad SMARTS) is 1. The van der Waals surface area contributed by atoms with Gasteiger partial charge in [-0.15, -0.1) is 0 Å². The number of hydrogen-bond acceptors (Lipinski definition) is 3. The van der Waals surface area contributed by atoms with E-state index in [0.29, 0.717) is 5.75 Å². The Labute approximate surface area is 123 Å². The number of nitrogens with zero attached hydrogens (tertiary/aromatic N) is 1. The van der Waals surface area contributed by atoms with Gasteiger partial charge in [-0.05, 0) is 30.7 Å². The van der Waals surface area contributed by atoms with Crippen molar-refractivity contribution in [1.29, 1.82) is 0 Å². The Morgan fingerprint density at radius 2 is 2.16 bits per heavy atom. The molecule has 0 aliphatic heterocycles. The Morgan fingerprint density at radius 3 is 2.84 bits per heavy atom. The van der Waals surface area contributed by atoms with Crippen LogP contribution in [0.1, 0.15) is 15.9 Å². The number of carbonyl (C=O) groups is 1. The normalized spacial score (nSPS) is 10.3. The van der Waals surface area contributed by atoms with Crippen molar-refractivity contribution in [2.75, 3.05) is 0 Å². The fourth-order valence-corrected chi connectivity index (χ4v) is 2.02. The van der Waals surface area contributed by atoms with Crippen molar-refractivity contribution in [2.24, 2.45) is 0 Å². The summed E-state index contributed by atoms with van der Waals surface area (Å²) < 4.78 is 6.42. The van der Waals surface area contributed by atoms with Gasteiger partial charge >= 0.3 is 5.97 Å². The van der Waals surface area contributed by atoms with Crippen molar-refractivity contribution < 1.29 is 14.6 Å². The number of aromatic carboxylic acids is 1. The number of carboxylic acids is 1. The van der Waals surface area contributed by atoms with Crippen molar-refractivity contribution in [1.82, 2.24) is 4.98 Å². The van der Waals surface area contributed by atoms with Crippen LogP contribution in [0.4, 0.5) is 0 Å². The number of pyridine rings is 1. The molecule has 0 unspecified atom stereocenters. The first-order valence-electron chi connectivity index (χ1n) is 5.31. The van der Waals surface area contributed by atoms with Gasteiger partial charge in [-0.2, -0.15) is 0 Å². The van der Waals surface area contributed by atoms with Crippen molar-refractivity contribution >= 4 is 33.5 Å². The minimum absolute atomic E-state index is 0.0191. The van der Waals surface area contributed by atoms with Crippen LogP contribution in [-0.2, 0) is 0 Å². The molecule has 0 spiro atoms. The predicted octanol–water partition coefficient (Wildman–Crippen LogP) is 4.30. The minimum Gasteiger partial charge on any atom is -0.478 e. The van der Waals surface area contributed by atoms with Crippen LogP contribution in [-0.4, -0.2) is 16.1 Å². The lowest BCUT2D eigenvalue weighted by Gasteiger charge is -2.10. The van der Waals surface area contributed by atoms with Gasteiger partial charge in [0.25, 0.3) is 0 Å². The molecule has 0 aliphatic rings. The molecule has 19 heavy (non-hydrogen) atoms. The zero-order valence-corrected chi connectivity index (χ0v) is 12.2. The van der Waals surface area contributed by atoms with Crippen molar-refractivity contribution in [3.8, 4) is 11.6 Å². The van der Waals surface area contributed by atoms with Crippen LogP contribution in [0, 0.1) is 6.92 Å². The highest BCUT2D eigenvalue weighted by Crippen LogP contribution is 2.32. The smallest absolute Gasteiger partial charge is 0.337 e. The second-order valence-electron chi connectivity index (χ2n) is 3.79. The molecule has 1 aromatic heterocycles. The molecule has 0 atom stereocenters. The fourth-order valence-electron chi connectivity index (χ4n) is 1.45. The summed E-state index contributed by atoms with van der Waals surface area (Å²) in [4.78, 5) is 14.9. The largest absolute Gasteiger partial charge is 0.478 e. The van der Waals surface area contributed by atoms with E-state index in [4.69, 9.17) is 21.4 Å². The summed E-state index contributed by atoms with van der Waals surface area (Å²) in [7, 11) is 0. The summed E-state index contributed by atoms with van der Waals surface area (Å²) >= 11 is 9.30. The van der Waals surface area contributed by atoms with E-state index in [1.807, 2.05) is 19.1 Å². The molecule has 1 heterocycles. The van der Waals surface area contributed by atoms with E-state index in [0.717, 1.165) is 10.0 Å². The van der Waals surface area contributed by atoms with Crippen LogP contribution in [0.25, 0.3) is 0 Å². The molecule has 1 aromatic carbocycles. The molecule has 0 amide bonds. The highest BCUT2D eigenvalue weighted by atomic mass is 79.9. The van der Waals surface area contributed by atoms with Gasteiger partial charge in [-0.25, -0.2) is 9.78 Å². The number of aromatic nitrogens is 1. The monoisotopic (exact) mass is 341 g/mol. The number of rotatable bonds is 3. The maximum Gasteiger partial charge on any atom is 0.337 e. The Morgan fingerprint density at radius 1 is 1.42 bits per heavy atom. The maximum atomic E-state index is 11.0. The topological polar surface area (TPSA) is 59.4 Å². The lowest BCUT2D eigenvalue weighted by atomic mass is 10.2. The third-order valence-corrected chi connectivity index (χ3v) is 3.30. The molecule has 98 valence electrons. The SMILES string of the molecule is Cc1ccc(Br)cc1Oc1nccc(C(=O)O)c1Cl. The molecule has 0 bridgehead atoms. The summed E-state index contributed by atoms with van der Waals surface area (Å²) in [5.74, 6) is -0.489. The number of hydrogen-bond donors (Lipinski definition) is 1. The first kappa shape index (κ1) is 13.8. The molecule has 0 saturated carbocycles. The number of halogens is 2. The van der Waals surface area contributed by atoms with Gasteiger partial charge in [0, 0.05) is 10.7 Å². The van der Waals surface area contributed by atoms with Crippen molar-refractivity contribution in [2.45, 2.75) is 6.92 Å². The lowest BCUT2D eigenvalue weighted by molar-refractivity contribution is 0.0696. The van der Waals surface area contributed by atoms with E-state index in [1.54, 1.807) is 6.07 Å². The van der Waals surface area contributed by atoms with Gasteiger partial charge in [0.15, 0.2) is 0 Å². The van der Waals surface area contributed by atoms with Gasteiger partial charge < -0.3 is 9.84 Å². The molecule has 1 N–H and O–H groups in total. The van der Waals surface area contributed by atoms with Crippen molar-refractivity contribution in [3.63, 3.8) is 0 Å². The number of aryl methyl sites for hydroxylation is 1. The second-order valence-corrected chi connectivity index (χ2v) is 5.09. The van der Waals surface area contributed by atoms with E-state index in [1.165, 1.54) is 12.3 Å². The summed E-state index contributed by atoms with van der Waals surface area (Å²) in [6, 6.07) is 6.84. The fraction of sp³-hybridized carbons (Fsp3) is 0.0769. The summed E-state index contributed by atoms with van der Waals surface area (Å²) in [5, 5.41) is 8.96. The van der Waals surface area contributed by atoms with Crippen LogP contribution in [0.2, 0.25) is 5.02 Å². The Kier molecular flexibility index (Phi) is 4.07. The molecule has 0 radical (unpaired) electrons. The van der Waals surface area contributed by atoms with Gasteiger partial charge in [0.1, 0.15) is 10.8 Å². The quantitative estimate of drug-likeness (QED) is 0.903. The molecule has 4 nitrogen and oxygen atoms in total. The Balaban J connectivity index is 2.41. The molecule has 2 aromatic rings.